The summed E-state index contributed by atoms with van der Waals surface area (Å²) >= 11 is 0. The minimum atomic E-state index is -1.70. The Morgan fingerprint density at radius 3 is 1.81 bits per heavy atom. The number of aromatic carboxylic acids is 3. The molecule has 27 heavy (non-hydrogen) atoms. The van der Waals surface area contributed by atoms with E-state index in [4.69, 9.17) is 20.7 Å². The van der Waals surface area contributed by atoms with Gasteiger partial charge >= 0.3 is 24.0 Å². The molecule has 0 spiro atoms. The lowest BCUT2D eigenvalue weighted by Crippen LogP contribution is -2.34. The summed E-state index contributed by atoms with van der Waals surface area (Å²) in [5.41, 5.74) is 2.96. The highest BCUT2D eigenvalue weighted by atomic mass is 16.6. The third-order valence-corrected chi connectivity index (χ3v) is 4.00. The van der Waals surface area contributed by atoms with Crippen LogP contribution in [-0.4, -0.2) is 39.3 Å². The highest BCUT2D eigenvalue weighted by molar-refractivity contribution is 5.95. The van der Waals surface area contributed by atoms with E-state index < -0.39 is 35.2 Å². The molecule has 2 aromatic rings. The molecule has 0 saturated heterocycles. The van der Waals surface area contributed by atoms with Crippen molar-refractivity contribution >= 4 is 24.0 Å². The molecule has 1 atom stereocenters. The molecule has 0 radical (unpaired) electrons. The average molecular weight is 373 g/mol. The van der Waals surface area contributed by atoms with Crippen LogP contribution >= 0.6 is 0 Å². The summed E-state index contributed by atoms with van der Waals surface area (Å²) in [5.74, 6) is -3.93. The number of carboxylic acid groups (broad SMARTS) is 3. The molecule has 1 unspecified atom stereocenters. The van der Waals surface area contributed by atoms with Gasteiger partial charge in [-0.15, -0.1) is 0 Å². The molecule has 0 fully saturated rings. The van der Waals surface area contributed by atoms with Crippen LogP contribution in [-0.2, 0) is 10.3 Å². The van der Waals surface area contributed by atoms with Crippen molar-refractivity contribution in [1.82, 2.24) is 0 Å². The van der Waals surface area contributed by atoms with Crippen LogP contribution in [0.2, 0.25) is 0 Å². The number of carbonyl (C=O) groups excluding carboxylic acids is 1. The standard InChI is InChI=1S/C18H15NO8/c1-18(27-17(19)26,11-5-2-9(3-6-11)14(20)21)13-7-4-10(15(22)23)8-12(13)16(24)25/h2-8H,1H3,(H2,19,26)(H,20,21)(H,22,23)(H,24,25). The molecule has 0 bridgehead atoms. The van der Waals surface area contributed by atoms with Crippen LogP contribution < -0.4 is 5.73 Å². The van der Waals surface area contributed by atoms with Crippen LogP contribution in [0, 0.1) is 0 Å². The van der Waals surface area contributed by atoms with E-state index in [1.54, 1.807) is 0 Å². The van der Waals surface area contributed by atoms with Gasteiger partial charge in [-0.3, -0.25) is 0 Å². The summed E-state index contributed by atoms with van der Waals surface area (Å²) < 4.78 is 5.18. The van der Waals surface area contributed by atoms with Gasteiger partial charge in [-0.2, -0.15) is 0 Å². The van der Waals surface area contributed by atoms with Gasteiger partial charge in [0.25, 0.3) is 0 Å². The van der Waals surface area contributed by atoms with Gasteiger partial charge in [-0.05, 0) is 36.8 Å². The summed E-state index contributed by atoms with van der Waals surface area (Å²) in [6, 6.07) is 8.53. The first-order valence-corrected chi connectivity index (χ1v) is 7.49. The normalized spacial score (nSPS) is 12.6. The SMILES string of the molecule is CC(OC(N)=O)(c1ccc(C(=O)O)cc1)c1ccc(C(=O)O)cc1C(=O)O. The molecular weight excluding hydrogens is 358 g/mol. The molecule has 0 aliphatic heterocycles. The average Bonchev–Trinajstić information content (AvgIpc) is 2.60. The lowest BCUT2D eigenvalue weighted by molar-refractivity contribution is 0.0543. The first-order valence-electron chi connectivity index (χ1n) is 7.49. The number of carboxylic acids is 3. The second-order valence-electron chi connectivity index (χ2n) is 5.71. The van der Waals surface area contributed by atoms with Gasteiger partial charge in [0.1, 0.15) is 0 Å². The molecular formula is C18H15NO8. The molecule has 1 amide bonds. The van der Waals surface area contributed by atoms with E-state index >= 15 is 0 Å². The van der Waals surface area contributed by atoms with Gasteiger partial charge in [0.15, 0.2) is 5.60 Å². The van der Waals surface area contributed by atoms with E-state index in [2.05, 4.69) is 0 Å². The number of primary amides is 1. The number of nitrogens with two attached hydrogens (primary N) is 1. The van der Waals surface area contributed by atoms with E-state index in [1.165, 1.54) is 43.3 Å². The number of hydrogen-bond acceptors (Lipinski definition) is 5. The molecule has 140 valence electrons. The van der Waals surface area contributed by atoms with Crippen molar-refractivity contribution in [3.8, 4) is 0 Å². The largest absolute Gasteiger partial charge is 0.478 e. The van der Waals surface area contributed by atoms with Crippen molar-refractivity contribution in [3.05, 3.63) is 70.3 Å². The molecule has 2 aromatic carbocycles. The molecule has 9 nitrogen and oxygen atoms in total. The van der Waals surface area contributed by atoms with Gasteiger partial charge in [0.2, 0.25) is 0 Å². The number of ether oxygens (including phenoxy) is 1. The Bertz CT molecular complexity index is 935. The fourth-order valence-corrected chi connectivity index (χ4v) is 2.67. The van der Waals surface area contributed by atoms with Crippen LogP contribution in [0.5, 0.6) is 0 Å². The van der Waals surface area contributed by atoms with Crippen molar-refractivity contribution in [3.63, 3.8) is 0 Å². The smallest absolute Gasteiger partial charge is 0.405 e. The van der Waals surface area contributed by atoms with Crippen LogP contribution in [0.1, 0.15) is 49.1 Å². The Labute approximate surface area is 152 Å². The lowest BCUT2D eigenvalue weighted by atomic mass is 9.84. The Hall–Kier alpha value is -3.88. The molecule has 9 heteroatoms. The molecule has 5 N–H and O–H groups in total. The summed E-state index contributed by atoms with van der Waals surface area (Å²) in [5, 5.41) is 27.6. The third-order valence-electron chi connectivity index (χ3n) is 4.00. The number of rotatable bonds is 6. The van der Waals surface area contributed by atoms with E-state index in [0.29, 0.717) is 0 Å². The first kappa shape index (κ1) is 19.4. The Kier molecular flexibility index (Phi) is 5.16. The van der Waals surface area contributed by atoms with Crippen LogP contribution in [0.3, 0.4) is 0 Å². The third kappa shape index (κ3) is 3.87. The van der Waals surface area contributed by atoms with Crippen molar-refractivity contribution in [2.75, 3.05) is 0 Å². The monoisotopic (exact) mass is 373 g/mol. The summed E-state index contributed by atoms with van der Waals surface area (Å²) in [4.78, 5) is 45.3. The second kappa shape index (κ2) is 7.16. The number of benzene rings is 2. The van der Waals surface area contributed by atoms with Gasteiger partial charge in [0, 0.05) is 5.56 Å². The summed E-state index contributed by atoms with van der Waals surface area (Å²) in [6.07, 6.45) is -1.20. The van der Waals surface area contributed by atoms with E-state index in [9.17, 15) is 24.3 Å². The number of amides is 1. The molecule has 0 aliphatic rings. The number of hydrogen-bond donors (Lipinski definition) is 4. The van der Waals surface area contributed by atoms with Crippen LogP contribution in [0.4, 0.5) is 4.79 Å². The Morgan fingerprint density at radius 1 is 0.852 bits per heavy atom. The highest BCUT2D eigenvalue weighted by Gasteiger charge is 2.37. The van der Waals surface area contributed by atoms with E-state index in [1.807, 2.05) is 0 Å². The first-order chi connectivity index (χ1) is 12.6. The van der Waals surface area contributed by atoms with E-state index in [0.717, 1.165) is 6.07 Å². The topological polar surface area (TPSA) is 164 Å². The fourth-order valence-electron chi connectivity index (χ4n) is 2.67. The van der Waals surface area contributed by atoms with Gasteiger partial charge < -0.3 is 25.8 Å². The fraction of sp³-hybridized carbons (Fsp3) is 0.111. The van der Waals surface area contributed by atoms with Crippen LogP contribution in [0.15, 0.2) is 42.5 Å². The van der Waals surface area contributed by atoms with Gasteiger partial charge in [-0.1, -0.05) is 18.2 Å². The predicted molar refractivity (Wildman–Crippen MR) is 90.9 cm³/mol. The number of carbonyl (C=O) groups is 4. The highest BCUT2D eigenvalue weighted by Crippen LogP contribution is 2.36. The maximum Gasteiger partial charge on any atom is 0.405 e. The molecule has 2 rings (SSSR count). The lowest BCUT2D eigenvalue weighted by Gasteiger charge is -2.31. The van der Waals surface area contributed by atoms with Crippen molar-refractivity contribution in [2.45, 2.75) is 12.5 Å². The van der Waals surface area contributed by atoms with Gasteiger partial charge in [-0.25, -0.2) is 19.2 Å². The van der Waals surface area contributed by atoms with Crippen molar-refractivity contribution in [1.29, 1.82) is 0 Å². The summed E-state index contributed by atoms with van der Waals surface area (Å²) in [7, 11) is 0. The van der Waals surface area contributed by atoms with Gasteiger partial charge in [0.05, 0.1) is 16.7 Å². The Morgan fingerprint density at radius 2 is 1.37 bits per heavy atom. The minimum Gasteiger partial charge on any atom is -0.478 e. The molecule has 0 aromatic heterocycles. The molecule has 0 heterocycles. The zero-order valence-electron chi connectivity index (χ0n) is 14.0. The van der Waals surface area contributed by atoms with Crippen molar-refractivity contribution in [2.24, 2.45) is 5.73 Å². The van der Waals surface area contributed by atoms with E-state index in [-0.39, 0.29) is 22.3 Å². The zero-order chi connectivity index (χ0) is 20.4. The zero-order valence-corrected chi connectivity index (χ0v) is 14.0. The maximum atomic E-state index is 11.7. The van der Waals surface area contributed by atoms with Crippen molar-refractivity contribution < 1.29 is 39.2 Å². The molecule has 0 saturated carbocycles. The molecule has 0 aliphatic carbocycles. The predicted octanol–water partition coefficient (Wildman–Crippen LogP) is 2.14. The quantitative estimate of drug-likeness (QED) is 0.598. The summed E-state index contributed by atoms with van der Waals surface area (Å²) in [6.45, 7) is 1.37. The minimum absolute atomic E-state index is 0.0260. The Balaban J connectivity index is 2.72. The second-order valence-corrected chi connectivity index (χ2v) is 5.71. The van der Waals surface area contributed by atoms with Crippen LogP contribution in [0.25, 0.3) is 0 Å². The maximum absolute atomic E-state index is 11.7.